The molecule has 2 atom stereocenters. The van der Waals surface area contributed by atoms with E-state index >= 15 is 0 Å². The second kappa shape index (κ2) is 9.25. The summed E-state index contributed by atoms with van der Waals surface area (Å²) in [6.07, 6.45) is 1.76. The van der Waals surface area contributed by atoms with Gasteiger partial charge in [-0.25, -0.2) is 0 Å². The minimum atomic E-state index is -0.510. The van der Waals surface area contributed by atoms with Crippen molar-refractivity contribution in [2.45, 2.75) is 44.8 Å². The predicted molar refractivity (Wildman–Crippen MR) is 109 cm³/mol. The number of β-amino-alcohol motifs (C(OH)–C–C–N with tert-alkyl or cyclic N) is 1. The summed E-state index contributed by atoms with van der Waals surface area (Å²) in [6, 6.07) is 16.7. The van der Waals surface area contributed by atoms with Gasteiger partial charge in [0.15, 0.2) is 0 Å². The topological polar surface area (TPSA) is 41.9 Å². The van der Waals surface area contributed by atoms with Gasteiger partial charge >= 0.3 is 0 Å². The normalized spacial score (nSPS) is 18.6. The first-order valence-corrected chi connectivity index (χ1v) is 9.86. The first kappa shape index (κ1) is 19.7. The van der Waals surface area contributed by atoms with Crippen LogP contribution >= 0.6 is 0 Å². The number of likely N-dealkylation sites (tertiary alicyclic amines) is 1. The van der Waals surface area contributed by atoms with Gasteiger partial charge in [-0.2, -0.15) is 0 Å². The maximum absolute atomic E-state index is 10.6. The van der Waals surface area contributed by atoms with Crippen LogP contribution in [0, 0.1) is 0 Å². The average molecular weight is 370 g/mol. The van der Waals surface area contributed by atoms with Crippen molar-refractivity contribution in [2.24, 2.45) is 0 Å². The van der Waals surface area contributed by atoms with Crippen LogP contribution in [0.4, 0.5) is 0 Å². The van der Waals surface area contributed by atoms with Gasteiger partial charge in [-0.3, -0.25) is 4.90 Å². The van der Waals surface area contributed by atoms with Crippen molar-refractivity contribution in [1.29, 1.82) is 0 Å². The lowest BCUT2D eigenvalue weighted by Gasteiger charge is -2.27. The smallest absolute Gasteiger partial charge is 0.122 e. The summed E-state index contributed by atoms with van der Waals surface area (Å²) < 4.78 is 11.2. The van der Waals surface area contributed by atoms with E-state index in [9.17, 15) is 5.11 Å². The Bertz CT molecular complexity index is 714. The van der Waals surface area contributed by atoms with Crippen LogP contribution < -0.4 is 9.47 Å². The average Bonchev–Trinajstić information content (AvgIpc) is 3.14. The van der Waals surface area contributed by atoms with E-state index in [1.165, 1.54) is 11.1 Å². The van der Waals surface area contributed by atoms with E-state index in [-0.39, 0.29) is 0 Å². The number of aliphatic hydroxyl groups excluding tert-OH is 1. The third-order valence-electron chi connectivity index (χ3n) is 5.28. The van der Waals surface area contributed by atoms with Crippen LogP contribution in [0.1, 0.15) is 49.8 Å². The number of para-hydroxylation sites is 1. The van der Waals surface area contributed by atoms with E-state index in [1.807, 2.05) is 30.3 Å². The standard InChI is InChI=1S/C23H31NO3/c1-17(2)21-7-4-5-9-23(21)27-16-19(25)15-24-14-6-8-22(24)18-10-12-20(26-3)13-11-18/h4-5,7,9-13,17,19,22,25H,6,8,14-16H2,1-3H3/t19-,22-/m1/s1. The SMILES string of the molecule is COc1ccc([C@H]2CCCN2C[C@@H](O)COc2ccccc2C(C)C)cc1. The van der Waals surface area contributed by atoms with E-state index in [0.29, 0.717) is 25.1 Å². The number of methoxy groups -OCH3 is 1. The van der Waals surface area contributed by atoms with Crippen LogP contribution in [0.25, 0.3) is 0 Å². The molecule has 2 aromatic carbocycles. The molecule has 1 N–H and O–H groups in total. The Morgan fingerprint density at radius 3 is 2.56 bits per heavy atom. The number of aliphatic hydroxyl groups is 1. The molecule has 0 spiro atoms. The molecule has 1 fully saturated rings. The van der Waals surface area contributed by atoms with Gasteiger partial charge in [0.1, 0.15) is 24.2 Å². The molecule has 27 heavy (non-hydrogen) atoms. The van der Waals surface area contributed by atoms with Gasteiger partial charge in [0.25, 0.3) is 0 Å². The molecule has 1 aliphatic heterocycles. The zero-order valence-electron chi connectivity index (χ0n) is 16.6. The largest absolute Gasteiger partial charge is 0.497 e. The summed E-state index contributed by atoms with van der Waals surface area (Å²) in [5.74, 6) is 2.15. The molecule has 1 aliphatic rings. The summed E-state index contributed by atoms with van der Waals surface area (Å²) in [7, 11) is 1.69. The first-order chi connectivity index (χ1) is 13.1. The lowest BCUT2D eigenvalue weighted by molar-refractivity contribution is 0.0634. The summed E-state index contributed by atoms with van der Waals surface area (Å²) in [4.78, 5) is 2.37. The van der Waals surface area contributed by atoms with E-state index in [1.54, 1.807) is 7.11 Å². The van der Waals surface area contributed by atoms with Gasteiger partial charge in [0.2, 0.25) is 0 Å². The molecule has 3 rings (SSSR count). The zero-order chi connectivity index (χ0) is 19.2. The van der Waals surface area contributed by atoms with Crippen LogP contribution in [0.2, 0.25) is 0 Å². The lowest BCUT2D eigenvalue weighted by atomic mass is 10.0. The van der Waals surface area contributed by atoms with Crippen molar-refractivity contribution >= 4 is 0 Å². The molecule has 2 aromatic rings. The van der Waals surface area contributed by atoms with Crippen molar-refractivity contribution in [1.82, 2.24) is 4.90 Å². The minimum Gasteiger partial charge on any atom is -0.497 e. The van der Waals surface area contributed by atoms with Crippen LogP contribution in [-0.4, -0.2) is 42.9 Å². The molecule has 4 nitrogen and oxygen atoms in total. The van der Waals surface area contributed by atoms with Crippen molar-refractivity contribution in [2.75, 3.05) is 26.8 Å². The van der Waals surface area contributed by atoms with E-state index < -0.39 is 6.10 Å². The highest BCUT2D eigenvalue weighted by atomic mass is 16.5. The van der Waals surface area contributed by atoms with Gasteiger partial charge in [0.05, 0.1) is 7.11 Å². The Balaban J connectivity index is 1.57. The summed E-state index contributed by atoms with van der Waals surface area (Å²) >= 11 is 0. The van der Waals surface area contributed by atoms with Gasteiger partial charge in [-0.05, 0) is 54.6 Å². The molecule has 0 unspecified atom stereocenters. The maximum Gasteiger partial charge on any atom is 0.122 e. The molecule has 0 radical (unpaired) electrons. The van der Waals surface area contributed by atoms with Crippen molar-refractivity contribution < 1.29 is 14.6 Å². The van der Waals surface area contributed by atoms with Crippen LogP contribution in [0.5, 0.6) is 11.5 Å². The highest BCUT2D eigenvalue weighted by Gasteiger charge is 2.27. The number of hydrogen-bond acceptors (Lipinski definition) is 4. The molecular weight excluding hydrogens is 338 g/mol. The highest BCUT2D eigenvalue weighted by Crippen LogP contribution is 2.33. The number of rotatable bonds is 8. The van der Waals surface area contributed by atoms with Crippen LogP contribution in [0.15, 0.2) is 48.5 Å². The van der Waals surface area contributed by atoms with E-state index in [2.05, 4.69) is 36.9 Å². The third kappa shape index (κ3) is 5.02. The quantitative estimate of drug-likeness (QED) is 0.749. The molecule has 0 amide bonds. The fourth-order valence-corrected chi connectivity index (χ4v) is 3.85. The molecule has 146 valence electrons. The van der Waals surface area contributed by atoms with E-state index in [0.717, 1.165) is 30.9 Å². The van der Waals surface area contributed by atoms with Gasteiger partial charge < -0.3 is 14.6 Å². The van der Waals surface area contributed by atoms with Crippen LogP contribution in [0.3, 0.4) is 0 Å². The Labute approximate surface area is 162 Å². The van der Waals surface area contributed by atoms with Gasteiger partial charge in [0, 0.05) is 12.6 Å². The molecule has 1 heterocycles. The van der Waals surface area contributed by atoms with Gasteiger partial charge in [-0.1, -0.05) is 44.2 Å². The zero-order valence-corrected chi connectivity index (χ0v) is 16.6. The first-order valence-electron chi connectivity index (χ1n) is 9.86. The van der Waals surface area contributed by atoms with E-state index in [4.69, 9.17) is 9.47 Å². The fraction of sp³-hybridized carbons (Fsp3) is 0.478. The molecule has 4 heteroatoms. The van der Waals surface area contributed by atoms with Crippen molar-refractivity contribution in [3.05, 3.63) is 59.7 Å². The molecular formula is C23H31NO3. The Morgan fingerprint density at radius 1 is 1.11 bits per heavy atom. The maximum atomic E-state index is 10.6. The Kier molecular flexibility index (Phi) is 6.75. The monoisotopic (exact) mass is 369 g/mol. The van der Waals surface area contributed by atoms with Crippen molar-refractivity contribution in [3.63, 3.8) is 0 Å². The summed E-state index contributed by atoms with van der Waals surface area (Å²) in [6.45, 7) is 6.26. The third-order valence-corrected chi connectivity index (χ3v) is 5.28. The molecule has 0 saturated carbocycles. The second-order valence-corrected chi connectivity index (χ2v) is 7.58. The van der Waals surface area contributed by atoms with Crippen molar-refractivity contribution in [3.8, 4) is 11.5 Å². The Morgan fingerprint density at radius 2 is 1.85 bits per heavy atom. The predicted octanol–water partition coefficient (Wildman–Crippen LogP) is 4.40. The lowest BCUT2D eigenvalue weighted by Crippen LogP contribution is -2.35. The highest BCUT2D eigenvalue weighted by molar-refractivity contribution is 5.35. The Hall–Kier alpha value is -2.04. The number of benzene rings is 2. The fourth-order valence-electron chi connectivity index (χ4n) is 3.85. The number of nitrogens with zero attached hydrogens (tertiary/aromatic N) is 1. The second-order valence-electron chi connectivity index (χ2n) is 7.58. The molecule has 0 aliphatic carbocycles. The summed E-state index contributed by atoms with van der Waals surface area (Å²) in [5.41, 5.74) is 2.47. The number of hydrogen-bond donors (Lipinski definition) is 1. The van der Waals surface area contributed by atoms with Gasteiger partial charge in [-0.15, -0.1) is 0 Å². The molecule has 0 aromatic heterocycles. The molecule has 1 saturated heterocycles. The van der Waals surface area contributed by atoms with Crippen LogP contribution in [-0.2, 0) is 0 Å². The number of ether oxygens (including phenoxy) is 2. The minimum absolute atomic E-state index is 0.315. The summed E-state index contributed by atoms with van der Waals surface area (Å²) in [5, 5.41) is 10.6. The molecule has 0 bridgehead atoms.